The Balaban J connectivity index is 1.46. The van der Waals surface area contributed by atoms with E-state index in [1.807, 2.05) is 50.2 Å². The molecule has 0 saturated carbocycles. The van der Waals surface area contributed by atoms with E-state index < -0.39 is 0 Å². The number of halogens is 1. The molecule has 190 valence electrons. The molecule has 0 bridgehead atoms. The van der Waals surface area contributed by atoms with Gasteiger partial charge in [-0.1, -0.05) is 72.8 Å². The van der Waals surface area contributed by atoms with Crippen LogP contribution >= 0.6 is 35.6 Å². The Kier molecular flexibility index (Phi) is 8.53. The Labute approximate surface area is 230 Å². The van der Waals surface area contributed by atoms with E-state index in [2.05, 4.69) is 5.32 Å². The molecular weight excluding hydrogens is 528 g/mol. The highest BCUT2D eigenvalue weighted by molar-refractivity contribution is 8.27. The predicted octanol–water partition coefficient (Wildman–Crippen LogP) is 6.64. The second kappa shape index (κ2) is 11.8. The number of ether oxygens (including phenoxy) is 2. The molecule has 2 amide bonds. The van der Waals surface area contributed by atoms with Gasteiger partial charge in [0.25, 0.3) is 11.8 Å². The maximum atomic E-state index is 13.1. The second-order valence-corrected chi connectivity index (χ2v) is 10.3. The summed E-state index contributed by atoms with van der Waals surface area (Å²) < 4.78 is 11.6. The maximum Gasteiger partial charge on any atom is 0.270 e. The lowest BCUT2D eigenvalue weighted by Gasteiger charge is -2.15. The van der Waals surface area contributed by atoms with Gasteiger partial charge < -0.3 is 14.8 Å². The summed E-state index contributed by atoms with van der Waals surface area (Å²) in [5.41, 5.74) is 4.10. The van der Waals surface area contributed by atoms with E-state index in [-0.39, 0.29) is 18.4 Å². The van der Waals surface area contributed by atoms with Crippen molar-refractivity contribution in [2.24, 2.45) is 0 Å². The van der Waals surface area contributed by atoms with E-state index in [0.29, 0.717) is 31.4 Å². The van der Waals surface area contributed by atoms with Crippen LogP contribution in [-0.2, 0) is 16.0 Å². The minimum atomic E-state index is -0.271. The van der Waals surface area contributed by atoms with Crippen molar-refractivity contribution >= 4 is 69.2 Å². The van der Waals surface area contributed by atoms with Gasteiger partial charge in [0, 0.05) is 10.7 Å². The quantitative estimate of drug-likeness (QED) is 0.249. The number of carbonyl (C=O) groups is 2. The van der Waals surface area contributed by atoms with Gasteiger partial charge in [-0.15, -0.1) is 0 Å². The Hall–Kier alpha value is -3.33. The molecule has 1 aliphatic rings. The van der Waals surface area contributed by atoms with Crippen molar-refractivity contribution in [2.45, 2.75) is 20.3 Å². The number of benzene rings is 3. The lowest BCUT2D eigenvalue weighted by atomic mass is 10.1. The molecule has 1 heterocycles. The van der Waals surface area contributed by atoms with Crippen LogP contribution < -0.4 is 19.7 Å². The summed E-state index contributed by atoms with van der Waals surface area (Å²) >= 11 is 12.9. The van der Waals surface area contributed by atoms with Gasteiger partial charge in [0.05, 0.1) is 17.7 Å². The minimum Gasteiger partial charge on any atom is -0.493 e. The second-order valence-electron chi connectivity index (χ2n) is 8.21. The summed E-state index contributed by atoms with van der Waals surface area (Å²) in [6.45, 7) is 3.75. The van der Waals surface area contributed by atoms with Crippen LogP contribution in [0.4, 0.5) is 11.4 Å². The zero-order valence-corrected chi connectivity index (χ0v) is 22.9. The number of carbonyl (C=O) groups excluding carboxylic acids is 2. The number of thioether (sulfide) groups is 1. The van der Waals surface area contributed by atoms with Gasteiger partial charge in [-0.05, 0) is 66.4 Å². The highest BCUT2D eigenvalue weighted by Crippen LogP contribution is 2.38. The Morgan fingerprint density at radius 2 is 1.92 bits per heavy atom. The highest BCUT2D eigenvalue weighted by Gasteiger charge is 2.33. The van der Waals surface area contributed by atoms with Crippen molar-refractivity contribution in [3.05, 3.63) is 87.3 Å². The fourth-order valence-corrected chi connectivity index (χ4v) is 5.21. The highest BCUT2D eigenvalue weighted by atomic mass is 35.5. The molecule has 3 aromatic rings. The van der Waals surface area contributed by atoms with Crippen LogP contribution in [0.15, 0.2) is 65.6 Å². The number of anilines is 2. The van der Waals surface area contributed by atoms with Gasteiger partial charge in [0.2, 0.25) is 0 Å². The van der Waals surface area contributed by atoms with Gasteiger partial charge in [0.15, 0.2) is 22.4 Å². The predicted molar refractivity (Wildman–Crippen MR) is 155 cm³/mol. The molecule has 0 spiro atoms. The van der Waals surface area contributed by atoms with Crippen LogP contribution in [0.5, 0.6) is 11.5 Å². The first kappa shape index (κ1) is 26.7. The van der Waals surface area contributed by atoms with Gasteiger partial charge >= 0.3 is 0 Å². The van der Waals surface area contributed by atoms with Crippen LogP contribution in [0.1, 0.15) is 23.6 Å². The van der Waals surface area contributed by atoms with Crippen molar-refractivity contribution in [1.82, 2.24) is 0 Å². The first-order chi connectivity index (χ1) is 17.8. The van der Waals surface area contributed by atoms with E-state index in [9.17, 15) is 9.59 Å². The third kappa shape index (κ3) is 6.15. The molecule has 0 radical (unpaired) electrons. The van der Waals surface area contributed by atoms with E-state index >= 15 is 0 Å². The molecule has 1 N–H and O–H groups in total. The van der Waals surface area contributed by atoms with Gasteiger partial charge in [-0.25, -0.2) is 0 Å². The molecular formula is C28H25ClN2O4S2. The van der Waals surface area contributed by atoms with Crippen molar-refractivity contribution in [3.8, 4) is 11.5 Å². The van der Waals surface area contributed by atoms with Crippen LogP contribution in [0.2, 0.25) is 5.02 Å². The summed E-state index contributed by atoms with van der Waals surface area (Å²) in [4.78, 5) is 27.5. The Morgan fingerprint density at radius 3 is 2.65 bits per heavy atom. The van der Waals surface area contributed by atoms with Crippen LogP contribution in [0, 0.1) is 6.92 Å². The zero-order valence-electron chi connectivity index (χ0n) is 20.5. The summed E-state index contributed by atoms with van der Waals surface area (Å²) in [5.74, 6) is 0.363. The molecule has 0 aliphatic carbocycles. The fraction of sp³-hybridized carbons (Fsp3) is 0.179. The van der Waals surface area contributed by atoms with Gasteiger partial charge in [-0.2, -0.15) is 0 Å². The molecule has 1 saturated heterocycles. The topological polar surface area (TPSA) is 67.9 Å². The van der Waals surface area contributed by atoms with Crippen molar-refractivity contribution in [3.63, 3.8) is 0 Å². The molecule has 9 heteroatoms. The number of amides is 2. The van der Waals surface area contributed by atoms with E-state index in [1.54, 1.807) is 30.3 Å². The molecule has 0 atom stereocenters. The Morgan fingerprint density at radius 1 is 1.14 bits per heavy atom. The lowest BCUT2D eigenvalue weighted by Crippen LogP contribution is -2.27. The SMILES string of the molecule is CCc1ccccc1NC(=O)COc1ccc(/C=C2\SC(=S)N(c3ccc(C)c(Cl)c3)C2=O)cc1OC. The van der Waals surface area contributed by atoms with Crippen molar-refractivity contribution in [2.75, 3.05) is 23.9 Å². The zero-order chi connectivity index (χ0) is 26.5. The van der Waals surface area contributed by atoms with Crippen LogP contribution in [-0.4, -0.2) is 29.9 Å². The first-order valence-electron chi connectivity index (χ1n) is 11.5. The van der Waals surface area contributed by atoms with Crippen molar-refractivity contribution in [1.29, 1.82) is 0 Å². The molecule has 3 aromatic carbocycles. The summed E-state index contributed by atoms with van der Waals surface area (Å²) in [6, 6.07) is 18.3. The van der Waals surface area contributed by atoms with Crippen LogP contribution in [0.25, 0.3) is 6.08 Å². The Bertz CT molecular complexity index is 1410. The van der Waals surface area contributed by atoms with Gasteiger partial charge in [0.1, 0.15) is 0 Å². The van der Waals surface area contributed by atoms with Crippen molar-refractivity contribution < 1.29 is 19.1 Å². The molecule has 0 aromatic heterocycles. The summed E-state index contributed by atoms with van der Waals surface area (Å²) in [5, 5.41) is 3.45. The summed E-state index contributed by atoms with van der Waals surface area (Å²) in [6.07, 6.45) is 2.56. The van der Waals surface area contributed by atoms with Crippen LogP contribution in [0.3, 0.4) is 0 Å². The number of hydrogen-bond donors (Lipinski definition) is 1. The third-order valence-electron chi connectivity index (χ3n) is 5.72. The number of thiocarbonyl (C=S) groups is 1. The molecule has 1 aliphatic heterocycles. The number of nitrogens with zero attached hydrogens (tertiary/aromatic N) is 1. The lowest BCUT2D eigenvalue weighted by molar-refractivity contribution is -0.118. The monoisotopic (exact) mass is 552 g/mol. The largest absolute Gasteiger partial charge is 0.493 e. The fourth-order valence-electron chi connectivity index (χ4n) is 3.74. The maximum absolute atomic E-state index is 13.1. The number of para-hydroxylation sites is 1. The average Bonchev–Trinajstić information content (AvgIpc) is 3.17. The minimum absolute atomic E-state index is 0.175. The molecule has 1 fully saturated rings. The van der Waals surface area contributed by atoms with Gasteiger partial charge in [-0.3, -0.25) is 14.5 Å². The summed E-state index contributed by atoms with van der Waals surface area (Å²) in [7, 11) is 1.52. The standard InChI is InChI=1S/C28H25ClN2O4S2/c1-4-19-7-5-6-8-22(19)30-26(32)16-35-23-12-10-18(13-24(23)34-3)14-25-27(33)31(28(36)37-25)20-11-9-17(2)21(29)15-20/h5-15H,4,16H2,1-3H3,(H,30,32)/b25-14-. The smallest absolute Gasteiger partial charge is 0.270 e. The number of nitrogens with one attached hydrogen (secondary N) is 1. The number of aryl methyl sites for hydroxylation is 2. The molecule has 6 nitrogen and oxygen atoms in total. The van der Waals surface area contributed by atoms with E-state index in [0.717, 1.165) is 28.8 Å². The number of rotatable bonds is 8. The third-order valence-corrected chi connectivity index (χ3v) is 7.43. The van der Waals surface area contributed by atoms with E-state index in [1.165, 1.54) is 23.8 Å². The number of hydrogen-bond acceptors (Lipinski definition) is 6. The molecule has 4 rings (SSSR count). The van der Waals surface area contributed by atoms with E-state index in [4.69, 9.17) is 33.3 Å². The molecule has 0 unspecified atom stereocenters. The molecule has 37 heavy (non-hydrogen) atoms. The average molecular weight is 553 g/mol. The normalized spacial score (nSPS) is 14.3. The first-order valence-corrected chi connectivity index (χ1v) is 13.1. The number of methoxy groups -OCH3 is 1.